The van der Waals surface area contributed by atoms with Gasteiger partial charge in [0.25, 0.3) is 5.91 Å². The molecule has 3 aromatic rings. The molecular formula is C20H21N5O. The number of piperidine rings is 3. The van der Waals surface area contributed by atoms with Gasteiger partial charge in [-0.2, -0.15) is 5.10 Å². The second kappa shape index (κ2) is 6.21. The molecule has 1 amide bonds. The maximum absolute atomic E-state index is 12.8. The summed E-state index contributed by atoms with van der Waals surface area (Å²) in [6, 6.07) is 14.1. The fourth-order valence-corrected chi connectivity index (χ4v) is 4.21. The number of amides is 1. The van der Waals surface area contributed by atoms with Crippen LogP contribution in [-0.4, -0.2) is 51.7 Å². The lowest BCUT2D eigenvalue weighted by atomic mass is 9.84. The van der Waals surface area contributed by atoms with Crippen LogP contribution in [0.15, 0.2) is 42.5 Å². The first kappa shape index (κ1) is 15.5. The summed E-state index contributed by atoms with van der Waals surface area (Å²) < 4.78 is 0. The summed E-state index contributed by atoms with van der Waals surface area (Å²) >= 11 is 0. The van der Waals surface area contributed by atoms with Crippen LogP contribution in [-0.2, 0) is 0 Å². The molecular weight excluding hydrogens is 326 g/mol. The number of hydrogen-bond acceptors (Lipinski definition) is 4. The van der Waals surface area contributed by atoms with Crippen LogP contribution >= 0.6 is 0 Å². The number of pyridine rings is 1. The highest BCUT2D eigenvalue weighted by molar-refractivity contribution is 6.04. The number of nitrogens with one attached hydrogen (secondary N) is 2. The van der Waals surface area contributed by atoms with E-state index in [-0.39, 0.29) is 11.9 Å². The molecule has 0 spiro atoms. The molecule has 5 heterocycles. The molecule has 1 aromatic carbocycles. The van der Waals surface area contributed by atoms with E-state index in [1.165, 1.54) is 12.8 Å². The monoisotopic (exact) mass is 347 g/mol. The number of benzene rings is 1. The van der Waals surface area contributed by atoms with Gasteiger partial charge in [-0.3, -0.25) is 9.89 Å². The summed E-state index contributed by atoms with van der Waals surface area (Å²) in [6.07, 6.45) is 2.35. The number of carbonyl (C=O) groups excluding carboxylic acids is 1. The minimum absolute atomic E-state index is 0.107. The molecule has 0 unspecified atom stereocenters. The molecule has 0 radical (unpaired) electrons. The summed E-state index contributed by atoms with van der Waals surface area (Å²) in [5, 5.41) is 11.1. The Bertz CT molecular complexity index is 943. The van der Waals surface area contributed by atoms with Crippen molar-refractivity contribution in [3.63, 3.8) is 0 Å². The highest BCUT2D eigenvalue weighted by Gasteiger charge is 2.35. The Hall–Kier alpha value is -2.73. The number of rotatable bonds is 3. The Kier molecular flexibility index (Phi) is 3.71. The lowest BCUT2D eigenvalue weighted by Gasteiger charge is -2.44. The summed E-state index contributed by atoms with van der Waals surface area (Å²) in [7, 11) is 0. The fourth-order valence-electron chi connectivity index (χ4n) is 4.21. The van der Waals surface area contributed by atoms with Gasteiger partial charge in [0.05, 0.1) is 11.1 Å². The van der Waals surface area contributed by atoms with Gasteiger partial charge in [-0.1, -0.05) is 30.3 Å². The van der Waals surface area contributed by atoms with Crippen molar-refractivity contribution in [1.29, 1.82) is 0 Å². The maximum atomic E-state index is 12.8. The lowest BCUT2D eigenvalue weighted by Crippen LogP contribution is -2.57. The maximum Gasteiger partial charge on any atom is 0.272 e. The van der Waals surface area contributed by atoms with Crippen molar-refractivity contribution in [2.75, 3.05) is 19.6 Å². The van der Waals surface area contributed by atoms with E-state index in [4.69, 9.17) is 0 Å². The fraction of sp³-hybridized carbons (Fsp3) is 0.350. The smallest absolute Gasteiger partial charge is 0.272 e. The minimum Gasteiger partial charge on any atom is -0.346 e. The summed E-state index contributed by atoms with van der Waals surface area (Å²) in [6.45, 7) is 3.28. The quantitative estimate of drug-likeness (QED) is 0.763. The van der Waals surface area contributed by atoms with Crippen molar-refractivity contribution in [2.45, 2.75) is 18.9 Å². The van der Waals surface area contributed by atoms with E-state index in [9.17, 15) is 4.79 Å². The first-order valence-corrected chi connectivity index (χ1v) is 9.22. The van der Waals surface area contributed by atoms with Crippen molar-refractivity contribution in [1.82, 2.24) is 25.4 Å². The average molecular weight is 347 g/mol. The Morgan fingerprint density at radius 2 is 1.92 bits per heavy atom. The molecule has 6 rings (SSSR count). The molecule has 6 nitrogen and oxygen atoms in total. The number of carbonyl (C=O) groups is 1. The highest BCUT2D eigenvalue weighted by Crippen LogP contribution is 2.28. The van der Waals surface area contributed by atoms with Crippen LogP contribution in [0.5, 0.6) is 0 Å². The lowest BCUT2D eigenvalue weighted by molar-refractivity contribution is 0.0618. The van der Waals surface area contributed by atoms with Crippen molar-refractivity contribution in [3.05, 3.63) is 48.2 Å². The third kappa shape index (κ3) is 2.66. The second-order valence-corrected chi connectivity index (χ2v) is 7.25. The van der Waals surface area contributed by atoms with Gasteiger partial charge in [0.2, 0.25) is 0 Å². The molecule has 3 fully saturated rings. The van der Waals surface area contributed by atoms with Crippen LogP contribution in [0.2, 0.25) is 0 Å². The summed E-state index contributed by atoms with van der Waals surface area (Å²) in [5.74, 6) is 0.487. The minimum atomic E-state index is -0.107. The zero-order valence-electron chi connectivity index (χ0n) is 14.5. The average Bonchev–Trinajstić information content (AvgIpc) is 3.13. The standard InChI is InChI=1S/C20H21N5O/c26-20(22-17-12-25-10-8-14(17)9-11-25)18-15-6-7-16(21-19(15)24-23-18)13-4-2-1-3-5-13/h1-7,14,17H,8-12H2,(H,22,26)(H,21,23,24)/t17-/m1/s1. The predicted octanol–water partition coefficient (Wildman–Crippen LogP) is 2.45. The second-order valence-electron chi connectivity index (χ2n) is 7.25. The number of aromatic amines is 1. The molecule has 3 aliphatic rings. The third-order valence-corrected chi connectivity index (χ3v) is 5.68. The summed E-state index contributed by atoms with van der Waals surface area (Å²) in [5.41, 5.74) is 2.99. The SMILES string of the molecule is O=C(N[C@@H]1CN2CCC1CC2)c1n[nH]c2nc(-c3ccccc3)ccc12. The molecule has 132 valence electrons. The number of hydrogen-bond donors (Lipinski definition) is 2. The van der Waals surface area contributed by atoms with Crippen molar-refractivity contribution >= 4 is 16.9 Å². The molecule has 2 aromatic heterocycles. The van der Waals surface area contributed by atoms with Crippen LogP contribution in [0.1, 0.15) is 23.3 Å². The zero-order chi connectivity index (χ0) is 17.5. The first-order valence-electron chi connectivity index (χ1n) is 9.22. The van der Waals surface area contributed by atoms with E-state index in [1.54, 1.807) is 0 Å². The molecule has 0 saturated carbocycles. The molecule has 2 bridgehead atoms. The molecule has 3 saturated heterocycles. The van der Waals surface area contributed by atoms with Crippen LogP contribution < -0.4 is 5.32 Å². The van der Waals surface area contributed by atoms with Gasteiger partial charge < -0.3 is 10.2 Å². The van der Waals surface area contributed by atoms with Crippen molar-refractivity contribution < 1.29 is 4.79 Å². The molecule has 0 aliphatic carbocycles. The molecule has 3 aliphatic heterocycles. The Morgan fingerprint density at radius 1 is 1.12 bits per heavy atom. The van der Waals surface area contributed by atoms with Gasteiger partial charge in [-0.25, -0.2) is 4.98 Å². The first-order chi connectivity index (χ1) is 12.8. The van der Waals surface area contributed by atoms with E-state index in [2.05, 4.69) is 25.4 Å². The van der Waals surface area contributed by atoms with Gasteiger partial charge in [0, 0.05) is 18.2 Å². The van der Waals surface area contributed by atoms with Gasteiger partial charge in [0.15, 0.2) is 11.3 Å². The van der Waals surface area contributed by atoms with E-state index in [0.717, 1.165) is 36.3 Å². The number of aromatic nitrogens is 3. The number of H-pyrrole nitrogens is 1. The topological polar surface area (TPSA) is 73.9 Å². The normalized spacial score (nSPS) is 24.7. The van der Waals surface area contributed by atoms with Crippen LogP contribution in [0.25, 0.3) is 22.3 Å². The van der Waals surface area contributed by atoms with Crippen molar-refractivity contribution in [3.8, 4) is 11.3 Å². The van der Waals surface area contributed by atoms with Gasteiger partial charge >= 0.3 is 0 Å². The predicted molar refractivity (Wildman–Crippen MR) is 99.7 cm³/mol. The molecule has 26 heavy (non-hydrogen) atoms. The Morgan fingerprint density at radius 3 is 2.65 bits per heavy atom. The molecule has 1 atom stereocenters. The van der Waals surface area contributed by atoms with Crippen molar-refractivity contribution in [2.24, 2.45) is 5.92 Å². The zero-order valence-corrected chi connectivity index (χ0v) is 14.5. The van der Waals surface area contributed by atoms with Crippen LogP contribution in [0, 0.1) is 5.92 Å². The van der Waals surface area contributed by atoms with E-state index >= 15 is 0 Å². The largest absolute Gasteiger partial charge is 0.346 e. The van der Waals surface area contributed by atoms with Gasteiger partial charge in [-0.15, -0.1) is 0 Å². The van der Waals surface area contributed by atoms with E-state index < -0.39 is 0 Å². The van der Waals surface area contributed by atoms with Gasteiger partial charge in [-0.05, 0) is 44.0 Å². The Balaban J connectivity index is 1.40. The third-order valence-electron chi connectivity index (χ3n) is 5.68. The number of fused-ring (bicyclic) bond motifs is 4. The molecule has 6 heteroatoms. The van der Waals surface area contributed by atoms with Gasteiger partial charge in [0.1, 0.15) is 0 Å². The Labute approximate surface area is 151 Å². The van der Waals surface area contributed by atoms with E-state index in [1.807, 2.05) is 42.5 Å². The van der Waals surface area contributed by atoms with Crippen LogP contribution in [0.3, 0.4) is 0 Å². The number of nitrogens with zero attached hydrogens (tertiary/aromatic N) is 3. The molecule has 2 N–H and O–H groups in total. The highest BCUT2D eigenvalue weighted by atomic mass is 16.2. The summed E-state index contributed by atoms with van der Waals surface area (Å²) in [4.78, 5) is 19.8. The van der Waals surface area contributed by atoms with E-state index in [0.29, 0.717) is 17.3 Å². The van der Waals surface area contributed by atoms with Crippen LogP contribution in [0.4, 0.5) is 0 Å².